The van der Waals surface area contributed by atoms with Crippen molar-refractivity contribution in [1.82, 2.24) is 10.3 Å². The summed E-state index contributed by atoms with van der Waals surface area (Å²) < 4.78 is 0. The molecule has 1 heterocycles. The highest BCUT2D eigenvalue weighted by Gasteiger charge is 2.39. The molecule has 1 atom stereocenters. The number of hydrogen-bond donors (Lipinski definition) is 2. The first-order chi connectivity index (χ1) is 11.5. The van der Waals surface area contributed by atoms with Crippen molar-refractivity contribution in [3.63, 3.8) is 0 Å². The zero-order chi connectivity index (χ0) is 17.2. The van der Waals surface area contributed by atoms with Crippen LogP contribution in [-0.2, 0) is 10.2 Å². The lowest BCUT2D eigenvalue weighted by Gasteiger charge is -2.39. The molecule has 3 rings (SSSR count). The second-order valence-electron chi connectivity index (χ2n) is 7.08. The van der Waals surface area contributed by atoms with Crippen molar-refractivity contribution in [1.29, 1.82) is 0 Å². The van der Waals surface area contributed by atoms with E-state index in [1.54, 1.807) is 6.20 Å². The maximum absolute atomic E-state index is 13.0. The molecule has 2 N–H and O–H groups in total. The number of nitrogens with one attached hydrogen (secondary N) is 1. The monoisotopic (exact) mass is 324 g/mol. The van der Waals surface area contributed by atoms with Crippen LogP contribution in [0.1, 0.15) is 44.0 Å². The normalized spacial score (nSPS) is 21.6. The summed E-state index contributed by atoms with van der Waals surface area (Å²) in [4.78, 5) is 17.4. The van der Waals surface area contributed by atoms with Crippen LogP contribution in [0.15, 0.2) is 54.7 Å². The fourth-order valence-electron chi connectivity index (χ4n) is 3.20. The molecule has 2 aromatic rings. The molecule has 1 amide bonds. The van der Waals surface area contributed by atoms with Crippen LogP contribution in [0.25, 0.3) is 0 Å². The van der Waals surface area contributed by atoms with Crippen molar-refractivity contribution in [3.8, 4) is 0 Å². The van der Waals surface area contributed by atoms with E-state index in [2.05, 4.69) is 10.3 Å². The molecule has 0 bridgehead atoms. The van der Waals surface area contributed by atoms with Crippen LogP contribution < -0.4 is 5.32 Å². The second kappa shape index (κ2) is 6.73. The Labute approximate surface area is 142 Å². The van der Waals surface area contributed by atoms with Crippen LogP contribution in [-0.4, -0.2) is 22.1 Å². The Morgan fingerprint density at radius 3 is 2.42 bits per heavy atom. The van der Waals surface area contributed by atoms with E-state index in [-0.39, 0.29) is 24.0 Å². The van der Waals surface area contributed by atoms with Gasteiger partial charge < -0.3 is 10.4 Å². The summed E-state index contributed by atoms with van der Waals surface area (Å²) in [6.07, 6.45) is 2.88. The topological polar surface area (TPSA) is 62.2 Å². The lowest BCUT2D eigenvalue weighted by Crippen LogP contribution is -2.47. The fourth-order valence-corrected chi connectivity index (χ4v) is 3.20. The van der Waals surface area contributed by atoms with Crippen LogP contribution in [0.4, 0.5) is 0 Å². The van der Waals surface area contributed by atoms with Crippen molar-refractivity contribution >= 4 is 5.91 Å². The van der Waals surface area contributed by atoms with Crippen molar-refractivity contribution in [2.45, 2.75) is 44.2 Å². The van der Waals surface area contributed by atoms with Gasteiger partial charge in [0.25, 0.3) is 0 Å². The van der Waals surface area contributed by atoms with Gasteiger partial charge in [0.2, 0.25) is 5.91 Å². The minimum atomic E-state index is -0.628. The van der Waals surface area contributed by atoms with Gasteiger partial charge in [-0.2, -0.15) is 0 Å². The third-order valence-corrected chi connectivity index (χ3v) is 4.98. The van der Waals surface area contributed by atoms with Crippen molar-refractivity contribution in [2.24, 2.45) is 5.92 Å². The highest BCUT2D eigenvalue weighted by atomic mass is 16.3. The fraction of sp³-hybridized carbons (Fsp3) is 0.400. The van der Waals surface area contributed by atoms with E-state index in [0.29, 0.717) is 12.8 Å². The average molecular weight is 324 g/mol. The minimum absolute atomic E-state index is 0.0225. The largest absolute Gasteiger partial charge is 0.393 e. The van der Waals surface area contributed by atoms with Gasteiger partial charge in [-0.25, -0.2) is 0 Å². The lowest BCUT2D eigenvalue weighted by molar-refractivity contribution is -0.127. The van der Waals surface area contributed by atoms with Gasteiger partial charge in [-0.3, -0.25) is 9.78 Å². The highest BCUT2D eigenvalue weighted by Crippen LogP contribution is 2.38. The molecule has 1 unspecified atom stereocenters. The van der Waals surface area contributed by atoms with E-state index >= 15 is 0 Å². The van der Waals surface area contributed by atoms with Gasteiger partial charge in [-0.1, -0.05) is 36.4 Å². The van der Waals surface area contributed by atoms with E-state index in [1.807, 2.05) is 62.4 Å². The number of hydrogen-bond acceptors (Lipinski definition) is 3. The first kappa shape index (κ1) is 16.7. The molecule has 4 nitrogen and oxygen atoms in total. The number of benzene rings is 1. The zero-order valence-electron chi connectivity index (χ0n) is 14.1. The van der Waals surface area contributed by atoms with Crippen molar-refractivity contribution in [3.05, 3.63) is 66.0 Å². The summed E-state index contributed by atoms with van der Waals surface area (Å²) in [6.45, 7) is 3.87. The number of nitrogens with zero attached hydrogens (tertiary/aromatic N) is 1. The molecule has 1 fully saturated rings. The molecule has 0 spiro atoms. The van der Waals surface area contributed by atoms with Gasteiger partial charge in [0.1, 0.15) is 0 Å². The first-order valence-electron chi connectivity index (χ1n) is 8.44. The third-order valence-electron chi connectivity index (χ3n) is 4.98. The predicted molar refractivity (Wildman–Crippen MR) is 93.3 cm³/mol. The Kier molecular flexibility index (Phi) is 4.67. The van der Waals surface area contributed by atoms with Crippen molar-refractivity contribution < 1.29 is 9.90 Å². The smallest absolute Gasteiger partial charge is 0.230 e. The second-order valence-corrected chi connectivity index (χ2v) is 7.08. The van der Waals surface area contributed by atoms with Gasteiger partial charge in [-0.05, 0) is 50.3 Å². The third kappa shape index (κ3) is 3.34. The number of carbonyl (C=O) groups excluding carboxylic acids is 1. The molecule has 1 aromatic carbocycles. The summed E-state index contributed by atoms with van der Waals surface area (Å²) in [5, 5.41) is 12.8. The molecular formula is C20H24N2O2. The number of aromatic nitrogens is 1. The Balaban J connectivity index is 1.81. The first-order valence-corrected chi connectivity index (χ1v) is 8.44. The number of pyridine rings is 1. The Morgan fingerprint density at radius 2 is 1.83 bits per heavy atom. The van der Waals surface area contributed by atoms with E-state index in [0.717, 1.165) is 11.3 Å². The molecular weight excluding hydrogens is 300 g/mol. The molecule has 1 saturated carbocycles. The Hall–Kier alpha value is -2.20. The van der Waals surface area contributed by atoms with Crippen LogP contribution in [0.3, 0.4) is 0 Å². The molecule has 0 aliphatic heterocycles. The van der Waals surface area contributed by atoms with E-state index in [1.165, 1.54) is 0 Å². The summed E-state index contributed by atoms with van der Waals surface area (Å²) in [6, 6.07) is 15.4. The number of rotatable bonds is 5. The molecule has 4 heteroatoms. The predicted octanol–water partition coefficient (Wildman–Crippen LogP) is 2.99. The maximum Gasteiger partial charge on any atom is 0.230 e. The average Bonchev–Trinajstić information content (AvgIpc) is 2.58. The molecule has 1 aliphatic rings. The number of aliphatic hydroxyl groups is 1. The van der Waals surface area contributed by atoms with Crippen LogP contribution in [0, 0.1) is 5.92 Å². The molecule has 1 aromatic heterocycles. The van der Waals surface area contributed by atoms with Crippen LogP contribution >= 0.6 is 0 Å². The maximum atomic E-state index is 13.0. The molecule has 0 radical (unpaired) electrons. The zero-order valence-corrected chi connectivity index (χ0v) is 14.1. The number of carbonyl (C=O) groups is 1. The SMILES string of the molecule is CC(C)(C(=O)NC(c1ccccn1)C1CC(O)C1)c1ccccc1. The Bertz CT molecular complexity index is 679. The molecule has 126 valence electrons. The van der Waals surface area contributed by atoms with E-state index in [4.69, 9.17) is 0 Å². The highest BCUT2D eigenvalue weighted by molar-refractivity contribution is 5.87. The quantitative estimate of drug-likeness (QED) is 0.889. The lowest BCUT2D eigenvalue weighted by atomic mass is 9.75. The van der Waals surface area contributed by atoms with Gasteiger partial charge >= 0.3 is 0 Å². The summed E-state index contributed by atoms with van der Waals surface area (Å²) in [5.41, 5.74) is 1.21. The minimum Gasteiger partial charge on any atom is -0.393 e. The Morgan fingerprint density at radius 1 is 1.17 bits per heavy atom. The van der Waals surface area contributed by atoms with Crippen molar-refractivity contribution in [2.75, 3.05) is 0 Å². The number of amides is 1. The van der Waals surface area contributed by atoms with Crippen LogP contribution in [0.2, 0.25) is 0 Å². The van der Waals surface area contributed by atoms with Gasteiger partial charge in [0, 0.05) is 6.20 Å². The summed E-state index contributed by atoms with van der Waals surface area (Å²) in [5.74, 6) is 0.205. The molecule has 1 aliphatic carbocycles. The van der Waals surface area contributed by atoms with E-state index in [9.17, 15) is 9.90 Å². The van der Waals surface area contributed by atoms with Gasteiger partial charge in [0.05, 0.1) is 23.3 Å². The molecule has 24 heavy (non-hydrogen) atoms. The standard InChI is InChI=1S/C20H24N2O2/c1-20(2,15-8-4-3-5-9-15)19(24)22-18(14-12-16(23)13-14)17-10-6-7-11-21-17/h3-11,14,16,18,23H,12-13H2,1-2H3,(H,22,24). The molecule has 0 saturated heterocycles. The van der Waals surface area contributed by atoms with Crippen LogP contribution in [0.5, 0.6) is 0 Å². The van der Waals surface area contributed by atoms with Gasteiger partial charge in [0.15, 0.2) is 0 Å². The van der Waals surface area contributed by atoms with Gasteiger partial charge in [-0.15, -0.1) is 0 Å². The summed E-state index contributed by atoms with van der Waals surface area (Å²) >= 11 is 0. The summed E-state index contributed by atoms with van der Waals surface area (Å²) in [7, 11) is 0. The number of aliphatic hydroxyl groups excluding tert-OH is 1. The van der Waals surface area contributed by atoms with E-state index < -0.39 is 5.41 Å².